The minimum Gasteiger partial charge on any atom is -0.381 e. The Morgan fingerprint density at radius 1 is 1.13 bits per heavy atom. The normalized spacial score (nSPS) is 15.9. The first kappa shape index (κ1) is 10.3. The average Bonchev–Trinajstić information content (AvgIpc) is 2.30. The summed E-state index contributed by atoms with van der Waals surface area (Å²) in [6.07, 6.45) is 7.67. The summed E-state index contributed by atoms with van der Waals surface area (Å²) >= 11 is 0. The number of allylic oxidation sites excluding steroid dienone is 1. The molecule has 0 fully saturated rings. The second kappa shape index (κ2) is 5.01. The maximum atomic E-state index is 3.47. The molecule has 0 atom stereocenters. The molecule has 1 aromatic rings. The molecule has 0 heterocycles. The van der Waals surface area contributed by atoms with Gasteiger partial charge in [-0.15, -0.1) is 0 Å². The van der Waals surface area contributed by atoms with Gasteiger partial charge in [-0.05, 0) is 44.7 Å². The third kappa shape index (κ3) is 3.12. The first-order valence-electron chi connectivity index (χ1n) is 5.83. The van der Waals surface area contributed by atoms with Crippen LogP contribution >= 0.6 is 0 Å². The molecule has 2 rings (SSSR count). The van der Waals surface area contributed by atoms with E-state index in [2.05, 4.69) is 42.6 Å². The molecule has 1 nitrogen and oxygen atoms in total. The summed E-state index contributed by atoms with van der Waals surface area (Å²) in [5, 5.41) is 3.47. The van der Waals surface area contributed by atoms with Crippen molar-refractivity contribution in [3.63, 3.8) is 0 Å². The lowest BCUT2D eigenvalue weighted by molar-refractivity contribution is 0.695. The molecule has 1 aliphatic carbocycles. The summed E-state index contributed by atoms with van der Waals surface area (Å²) in [4.78, 5) is 0. The van der Waals surface area contributed by atoms with Gasteiger partial charge in [-0.2, -0.15) is 0 Å². The van der Waals surface area contributed by atoms with Crippen LogP contribution in [0.15, 0.2) is 35.9 Å². The van der Waals surface area contributed by atoms with Crippen LogP contribution in [-0.4, -0.2) is 6.54 Å². The summed E-state index contributed by atoms with van der Waals surface area (Å²) < 4.78 is 0. The van der Waals surface area contributed by atoms with Gasteiger partial charge in [-0.25, -0.2) is 0 Å². The second-order valence-electron chi connectivity index (χ2n) is 4.33. The summed E-state index contributed by atoms with van der Waals surface area (Å²) in [5.41, 5.74) is 4.12. The molecule has 0 spiro atoms. The minimum atomic E-state index is 1.02. The van der Waals surface area contributed by atoms with E-state index in [4.69, 9.17) is 0 Å². The van der Waals surface area contributed by atoms with Gasteiger partial charge in [-0.3, -0.25) is 0 Å². The molecule has 1 aliphatic rings. The van der Waals surface area contributed by atoms with Crippen molar-refractivity contribution < 1.29 is 0 Å². The minimum absolute atomic E-state index is 1.02. The predicted octanol–water partition coefficient (Wildman–Crippen LogP) is 3.91. The third-order valence-corrected chi connectivity index (χ3v) is 2.96. The molecular formula is C14H19N. The van der Waals surface area contributed by atoms with E-state index in [1.54, 1.807) is 5.57 Å². The number of anilines is 1. The van der Waals surface area contributed by atoms with Crippen molar-refractivity contribution in [2.75, 3.05) is 11.9 Å². The van der Waals surface area contributed by atoms with Gasteiger partial charge in [0.1, 0.15) is 0 Å². The molecular weight excluding hydrogens is 182 g/mol. The van der Waals surface area contributed by atoms with E-state index in [0.717, 1.165) is 6.54 Å². The molecule has 1 heteroatoms. The van der Waals surface area contributed by atoms with Gasteiger partial charge >= 0.3 is 0 Å². The second-order valence-corrected chi connectivity index (χ2v) is 4.33. The van der Waals surface area contributed by atoms with Gasteiger partial charge < -0.3 is 5.32 Å². The molecule has 0 unspecified atom stereocenters. The fraction of sp³-hybridized carbons (Fsp3) is 0.429. The van der Waals surface area contributed by atoms with Gasteiger partial charge in [0.15, 0.2) is 0 Å². The Balaban J connectivity index is 1.87. The topological polar surface area (TPSA) is 12.0 Å². The monoisotopic (exact) mass is 201 g/mol. The molecule has 0 amide bonds. The van der Waals surface area contributed by atoms with E-state index in [-0.39, 0.29) is 0 Å². The Kier molecular flexibility index (Phi) is 3.44. The largest absolute Gasteiger partial charge is 0.381 e. The Hall–Kier alpha value is -1.24. The highest BCUT2D eigenvalue weighted by molar-refractivity contribution is 5.45. The maximum absolute atomic E-state index is 3.47. The third-order valence-electron chi connectivity index (χ3n) is 2.96. The van der Waals surface area contributed by atoms with Gasteiger partial charge in [0.2, 0.25) is 0 Å². The van der Waals surface area contributed by atoms with Gasteiger partial charge in [0.05, 0.1) is 0 Å². The Labute approximate surface area is 92.2 Å². The molecule has 0 radical (unpaired) electrons. The zero-order valence-corrected chi connectivity index (χ0v) is 9.42. The first-order valence-corrected chi connectivity index (χ1v) is 5.83. The van der Waals surface area contributed by atoms with Crippen molar-refractivity contribution in [3.8, 4) is 0 Å². The number of benzene rings is 1. The maximum Gasteiger partial charge on any atom is 0.0360 e. The van der Waals surface area contributed by atoms with Crippen LogP contribution < -0.4 is 5.32 Å². The van der Waals surface area contributed by atoms with E-state index in [1.165, 1.54) is 36.9 Å². The Morgan fingerprint density at radius 2 is 1.93 bits per heavy atom. The van der Waals surface area contributed by atoms with Crippen LogP contribution in [0.5, 0.6) is 0 Å². The molecule has 0 aliphatic heterocycles. The molecule has 80 valence electrons. The van der Waals surface area contributed by atoms with Gasteiger partial charge in [-0.1, -0.05) is 29.3 Å². The molecule has 1 aromatic carbocycles. The fourth-order valence-corrected chi connectivity index (χ4v) is 1.95. The van der Waals surface area contributed by atoms with Crippen molar-refractivity contribution in [2.45, 2.75) is 32.6 Å². The summed E-state index contributed by atoms with van der Waals surface area (Å²) in [6, 6.07) is 8.60. The molecule has 0 bridgehead atoms. The van der Waals surface area contributed by atoms with Crippen LogP contribution in [0.1, 0.15) is 31.2 Å². The molecule has 0 saturated heterocycles. The van der Waals surface area contributed by atoms with Gasteiger partial charge in [0.25, 0.3) is 0 Å². The Morgan fingerprint density at radius 3 is 2.60 bits per heavy atom. The lowest BCUT2D eigenvalue weighted by atomic mass is 10.00. The molecule has 1 N–H and O–H groups in total. The highest BCUT2D eigenvalue weighted by Crippen LogP contribution is 2.18. The van der Waals surface area contributed by atoms with Gasteiger partial charge in [0, 0.05) is 12.2 Å². The predicted molar refractivity (Wildman–Crippen MR) is 66.2 cm³/mol. The van der Waals surface area contributed by atoms with E-state index < -0.39 is 0 Å². The van der Waals surface area contributed by atoms with E-state index >= 15 is 0 Å². The van der Waals surface area contributed by atoms with Crippen molar-refractivity contribution in [1.82, 2.24) is 0 Å². The van der Waals surface area contributed by atoms with Crippen molar-refractivity contribution in [3.05, 3.63) is 41.5 Å². The number of hydrogen-bond acceptors (Lipinski definition) is 1. The standard InChI is InChI=1S/C14H19N/c1-12-7-9-14(10-8-12)15-11-13-5-3-2-4-6-13/h5,7-10,15H,2-4,6,11H2,1H3. The quantitative estimate of drug-likeness (QED) is 0.731. The lowest BCUT2D eigenvalue weighted by Crippen LogP contribution is -2.06. The first-order chi connectivity index (χ1) is 7.34. The molecule has 0 saturated carbocycles. The number of hydrogen-bond donors (Lipinski definition) is 1. The summed E-state index contributed by atoms with van der Waals surface area (Å²) in [6.45, 7) is 3.14. The smallest absolute Gasteiger partial charge is 0.0360 e. The van der Waals surface area contributed by atoms with E-state index in [0.29, 0.717) is 0 Å². The highest BCUT2D eigenvalue weighted by atomic mass is 14.9. The Bertz CT molecular complexity index is 335. The van der Waals surface area contributed by atoms with Crippen molar-refractivity contribution in [1.29, 1.82) is 0 Å². The van der Waals surface area contributed by atoms with Crippen molar-refractivity contribution >= 4 is 5.69 Å². The molecule has 0 aromatic heterocycles. The number of rotatable bonds is 3. The fourth-order valence-electron chi connectivity index (χ4n) is 1.95. The zero-order valence-electron chi connectivity index (χ0n) is 9.42. The van der Waals surface area contributed by atoms with Crippen LogP contribution in [0, 0.1) is 6.92 Å². The SMILES string of the molecule is Cc1ccc(NCC2=CCCCC2)cc1. The zero-order chi connectivity index (χ0) is 10.5. The lowest BCUT2D eigenvalue weighted by Gasteiger charge is -2.14. The van der Waals surface area contributed by atoms with E-state index in [1.807, 2.05) is 0 Å². The molecule has 15 heavy (non-hydrogen) atoms. The van der Waals surface area contributed by atoms with E-state index in [9.17, 15) is 0 Å². The van der Waals surface area contributed by atoms with Crippen LogP contribution in [0.3, 0.4) is 0 Å². The van der Waals surface area contributed by atoms with Crippen LogP contribution in [-0.2, 0) is 0 Å². The van der Waals surface area contributed by atoms with Crippen LogP contribution in [0.25, 0.3) is 0 Å². The van der Waals surface area contributed by atoms with Crippen molar-refractivity contribution in [2.24, 2.45) is 0 Å². The van der Waals surface area contributed by atoms with Crippen LogP contribution in [0.4, 0.5) is 5.69 Å². The average molecular weight is 201 g/mol. The van der Waals surface area contributed by atoms with Crippen LogP contribution in [0.2, 0.25) is 0 Å². The summed E-state index contributed by atoms with van der Waals surface area (Å²) in [7, 11) is 0. The number of nitrogens with one attached hydrogen (secondary N) is 1. The number of aryl methyl sites for hydroxylation is 1. The highest BCUT2D eigenvalue weighted by Gasteiger charge is 2.02. The summed E-state index contributed by atoms with van der Waals surface area (Å²) in [5.74, 6) is 0.